The van der Waals surface area contributed by atoms with Gasteiger partial charge >= 0.3 is 0 Å². The number of carbonyl (C=O) groups is 2. The summed E-state index contributed by atoms with van der Waals surface area (Å²) >= 11 is 0. The van der Waals surface area contributed by atoms with E-state index in [2.05, 4.69) is 31.4 Å². The standard InChI is InChI=1S/C16H28N2O2/c1-16(2,3)11-5-4-6-12(8-7-11)17-15(20)13-9-10-14(19)18-13/h11-13H,4-10H2,1-3H3,(H,17,20)(H,18,19)/t11-,12-,13-/m1/s1. The van der Waals surface area contributed by atoms with Gasteiger partial charge in [-0.05, 0) is 43.4 Å². The van der Waals surface area contributed by atoms with Gasteiger partial charge in [0.25, 0.3) is 0 Å². The highest BCUT2D eigenvalue weighted by molar-refractivity contribution is 5.90. The zero-order chi connectivity index (χ0) is 14.8. The Labute approximate surface area is 122 Å². The van der Waals surface area contributed by atoms with E-state index in [1.165, 1.54) is 19.3 Å². The first kappa shape index (κ1) is 15.3. The van der Waals surface area contributed by atoms with Gasteiger partial charge in [-0.25, -0.2) is 0 Å². The van der Waals surface area contributed by atoms with E-state index >= 15 is 0 Å². The van der Waals surface area contributed by atoms with Gasteiger partial charge in [-0.2, -0.15) is 0 Å². The van der Waals surface area contributed by atoms with Gasteiger partial charge in [-0.15, -0.1) is 0 Å². The van der Waals surface area contributed by atoms with E-state index < -0.39 is 0 Å². The molecule has 0 spiro atoms. The van der Waals surface area contributed by atoms with Gasteiger partial charge in [0.1, 0.15) is 6.04 Å². The summed E-state index contributed by atoms with van der Waals surface area (Å²) in [6.45, 7) is 6.93. The Bertz CT molecular complexity index is 373. The molecular weight excluding hydrogens is 252 g/mol. The van der Waals surface area contributed by atoms with Crippen LogP contribution in [0.4, 0.5) is 0 Å². The van der Waals surface area contributed by atoms with Crippen LogP contribution >= 0.6 is 0 Å². The highest BCUT2D eigenvalue weighted by atomic mass is 16.2. The average molecular weight is 280 g/mol. The first-order valence-electron chi connectivity index (χ1n) is 7.96. The number of rotatable bonds is 2. The Hall–Kier alpha value is -1.06. The summed E-state index contributed by atoms with van der Waals surface area (Å²) in [6, 6.07) is -0.0171. The Morgan fingerprint density at radius 2 is 1.90 bits per heavy atom. The molecule has 20 heavy (non-hydrogen) atoms. The maximum atomic E-state index is 12.1. The molecule has 2 fully saturated rings. The first-order chi connectivity index (χ1) is 9.36. The molecule has 2 N–H and O–H groups in total. The summed E-state index contributed by atoms with van der Waals surface area (Å²) < 4.78 is 0. The molecule has 2 amide bonds. The zero-order valence-electron chi connectivity index (χ0n) is 13.0. The quantitative estimate of drug-likeness (QED) is 0.763. The van der Waals surface area contributed by atoms with E-state index in [1.807, 2.05) is 0 Å². The number of nitrogens with one attached hydrogen (secondary N) is 2. The van der Waals surface area contributed by atoms with Crippen LogP contribution in [0.15, 0.2) is 0 Å². The van der Waals surface area contributed by atoms with Crippen molar-refractivity contribution in [3.05, 3.63) is 0 Å². The smallest absolute Gasteiger partial charge is 0.242 e. The second kappa shape index (κ2) is 6.15. The van der Waals surface area contributed by atoms with Gasteiger partial charge in [-0.3, -0.25) is 9.59 Å². The van der Waals surface area contributed by atoms with Gasteiger partial charge < -0.3 is 10.6 Å². The van der Waals surface area contributed by atoms with Gasteiger partial charge in [0.15, 0.2) is 0 Å². The Morgan fingerprint density at radius 1 is 1.15 bits per heavy atom. The summed E-state index contributed by atoms with van der Waals surface area (Å²) in [5.41, 5.74) is 0.359. The molecule has 0 aromatic carbocycles. The van der Waals surface area contributed by atoms with E-state index in [1.54, 1.807) is 0 Å². The van der Waals surface area contributed by atoms with Crippen LogP contribution in [0.5, 0.6) is 0 Å². The van der Waals surface area contributed by atoms with Crippen molar-refractivity contribution in [2.24, 2.45) is 11.3 Å². The number of hydrogen-bond acceptors (Lipinski definition) is 2. The predicted octanol–water partition coefficient (Wildman–Crippen LogP) is 2.38. The largest absolute Gasteiger partial charge is 0.352 e. The van der Waals surface area contributed by atoms with E-state index in [0.717, 1.165) is 18.8 Å². The predicted molar refractivity (Wildman–Crippen MR) is 79.1 cm³/mol. The van der Waals surface area contributed by atoms with Crippen molar-refractivity contribution in [2.45, 2.75) is 77.8 Å². The average Bonchev–Trinajstić information content (AvgIpc) is 2.64. The molecule has 1 saturated carbocycles. The van der Waals surface area contributed by atoms with E-state index in [9.17, 15) is 9.59 Å². The van der Waals surface area contributed by atoms with Crippen molar-refractivity contribution in [3.8, 4) is 0 Å². The molecule has 114 valence electrons. The molecule has 1 aliphatic carbocycles. The summed E-state index contributed by atoms with van der Waals surface area (Å²) in [5.74, 6) is 0.754. The summed E-state index contributed by atoms with van der Waals surface area (Å²) in [4.78, 5) is 23.3. The third-order valence-corrected chi connectivity index (χ3v) is 4.85. The van der Waals surface area contributed by atoms with E-state index in [0.29, 0.717) is 18.3 Å². The van der Waals surface area contributed by atoms with E-state index in [-0.39, 0.29) is 23.9 Å². The van der Waals surface area contributed by atoms with Crippen molar-refractivity contribution in [3.63, 3.8) is 0 Å². The van der Waals surface area contributed by atoms with Gasteiger partial charge in [0.2, 0.25) is 11.8 Å². The molecule has 1 saturated heterocycles. The fourth-order valence-corrected chi connectivity index (χ4v) is 3.42. The minimum absolute atomic E-state index is 0.00110. The lowest BCUT2D eigenvalue weighted by Gasteiger charge is -2.29. The molecule has 0 aromatic rings. The van der Waals surface area contributed by atoms with Crippen molar-refractivity contribution < 1.29 is 9.59 Å². The molecule has 1 aliphatic heterocycles. The SMILES string of the molecule is CC(C)(C)[C@@H]1CCC[C@@H](NC(=O)[C@H]2CCC(=O)N2)CC1. The van der Waals surface area contributed by atoms with Gasteiger partial charge in [-0.1, -0.05) is 27.2 Å². The lowest BCUT2D eigenvalue weighted by Crippen LogP contribution is -2.45. The topological polar surface area (TPSA) is 58.2 Å². The molecule has 2 rings (SSSR count). The van der Waals surface area contributed by atoms with Crippen LogP contribution in [0, 0.1) is 11.3 Å². The Kier molecular flexibility index (Phi) is 4.71. The molecule has 4 nitrogen and oxygen atoms in total. The normalized spacial score (nSPS) is 31.6. The lowest BCUT2D eigenvalue weighted by atomic mass is 9.76. The summed E-state index contributed by atoms with van der Waals surface area (Å²) in [6.07, 6.45) is 6.88. The maximum absolute atomic E-state index is 12.1. The van der Waals surface area contributed by atoms with Crippen LogP contribution in [0.25, 0.3) is 0 Å². The second-order valence-electron chi connectivity index (χ2n) is 7.44. The fraction of sp³-hybridized carbons (Fsp3) is 0.875. The van der Waals surface area contributed by atoms with Crippen LogP contribution in [-0.4, -0.2) is 23.9 Å². The van der Waals surface area contributed by atoms with Crippen molar-refractivity contribution in [1.82, 2.24) is 10.6 Å². The van der Waals surface area contributed by atoms with E-state index in [4.69, 9.17) is 0 Å². The number of amides is 2. The van der Waals surface area contributed by atoms with Crippen LogP contribution in [0.3, 0.4) is 0 Å². The molecule has 0 radical (unpaired) electrons. The fourth-order valence-electron chi connectivity index (χ4n) is 3.42. The van der Waals surface area contributed by atoms with Crippen LogP contribution in [-0.2, 0) is 9.59 Å². The van der Waals surface area contributed by atoms with Crippen molar-refractivity contribution in [1.29, 1.82) is 0 Å². The molecule has 0 unspecified atom stereocenters. The maximum Gasteiger partial charge on any atom is 0.242 e. The van der Waals surface area contributed by atoms with Crippen LogP contribution in [0.1, 0.15) is 65.7 Å². The molecule has 0 aromatic heterocycles. The third-order valence-electron chi connectivity index (χ3n) is 4.85. The van der Waals surface area contributed by atoms with Crippen LogP contribution in [0.2, 0.25) is 0 Å². The van der Waals surface area contributed by atoms with Gasteiger partial charge in [0.05, 0.1) is 0 Å². The minimum atomic E-state index is -0.302. The molecule has 4 heteroatoms. The molecule has 2 aliphatic rings. The van der Waals surface area contributed by atoms with Gasteiger partial charge in [0, 0.05) is 12.5 Å². The molecule has 3 atom stereocenters. The number of carbonyl (C=O) groups excluding carboxylic acids is 2. The summed E-state index contributed by atoms with van der Waals surface area (Å²) in [5, 5.41) is 5.88. The molecule has 0 bridgehead atoms. The van der Waals surface area contributed by atoms with Crippen molar-refractivity contribution >= 4 is 11.8 Å². The Morgan fingerprint density at radius 3 is 2.50 bits per heavy atom. The van der Waals surface area contributed by atoms with Crippen LogP contribution < -0.4 is 10.6 Å². The Balaban J connectivity index is 1.82. The minimum Gasteiger partial charge on any atom is -0.352 e. The second-order valence-corrected chi connectivity index (χ2v) is 7.44. The lowest BCUT2D eigenvalue weighted by molar-refractivity contribution is -0.126. The molecule has 1 heterocycles. The highest BCUT2D eigenvalue weighted by Gasteiger charge is 2.31. The number of hydrogen-bond donors (Lipinski definition) is 2. The summed E-state index contributed by atoms with van der Waals surface area (Å²) in [7, 11) is 0. The van der Waals surface area contributed by atoms with Crippen molar-refractivity contribution in [2.75, 3.05) is 0 Å². The monoisotopic (exact) mass is 280 g/mol. The first-order valence-corrected chi connectivity index (χ1v) is 7.96. The highest BCUT2D eigenvalue weighted by Crippen LogP contribution is 2.36. The molecular formula is C16H28N2O2. The third kappa shape index (κ3) is 3.97. The zero-order valence-corrected chi connectivity index (χ0v) is 13.0.